The smallest absolute Gasteiger partial charge is 0.407 e. The van der Waals surface area contributed by atoms with Gasteiger partial charge in [0.15, 0.2) is 0 Å². The molecule has 1 saturated heterocycles. The quantitative estimate of drug-likeness (QED) is 0.777. The van der Waals surface area contributed by atoms with Crippen LogP contribution in [0.5, 0.6) is 0 Å². The molecule has 0 aromatic heterocycles. The molecule has 2 rings (SSSR count). The van der Waals surface area contributed by atoms with Crippen LogP contribution in [0.25, 0.3) is 0 Å². The molecular formula is C15H18N2O5. The van der Waals surface area contributed by atoms with Crippen molar-refractivity contribution >= 4 is 18.0 Å². The Morgan fingerprint density at radius 3 is 2.73 bits per heavy atom. The van der Waals surface area contributed by atoms with E-state index in [2.05, 4.69) is 15.4 Å². The van der Waals surface area contributed by atoms with E-state index < -0.39 is 18.1 Å². The summed E-state index contributed by atoms with van der Waals surface area (Å²) < 4.78 is 9.69. The number of methoxy groups -OCH3 is 1. The lowest BCUT2D eigenvalue weighted by molar-refractivity contribution is -0.144. The third kappa shape index (κ3) is 4.21. The molecule has 1 fully saturated rings. The van der Waals surface area contributed by atoms with Crippen LogP contribution in [0.15, 0.2) is 30.3 Å². The summed E-state index contributed by atoms with van der Waals surface area (Å²) in [4.78, 5) is 34.6. The number of nitrogens with one attached hydrogen (secondary N) is 2. The van der Waals surface area contributed by atoms with Crippen LogP contribution in [0.1, 0.15) is 12.0 Å². The Kier molecular flexibility index (Phi) is 5.35. The van der Waals surface area contributed by atoms with E-state index in [9.17, 15) is 14.4 Å². The summed E-state index contributed by atoms with van der Waals surface area (Å²) in [5, 5.41) is 5.09. The molecule has 2 amide bonds. The molecule has 1 aromatic rings. The van der Waals surface area contributed by atoms with Gasteiger partial charge >= 0.3 is 12.1 Å². The Labute approximate surface area is 128 Å². The summed E-state index contributed by atoms with van der Waals surface area (Å²) in [6.07, 6.45) is -0.426. The minimum Gasteiger partial charge on any atom is -0.467 e. The third-order valence-corrected chi connectivity index (χ3v) is 3.41. The van der Waals surface area contributed by atoms with Crippen molar-refractivity contribution in [3.05, 3.63) is 35.9 Å². The summed E-state index contributed by atoms with van der Waals surface area (Å²) in [7, 11) is 1.26. The molecule has 2 atom stereocenters. The van der Waals surface area contributed by atoms with E-state index in [0.29, 0.717) is 0 Å². The maximum absolute atomic E-state index is 11.6. The highest BCUT2D eigenvalue weighted by molar-refractivity contribution is 5.88. The Hall–Kier alpha value is -2.57. The number of alkyl carbamates (subject to hydrolysis) is 1. The van der Waals surface area contributed by atoms with Crippen LogP contribution in [0, 0.1) is 5.92 Å². The molecule has 0 saturated carbocycles. The Balaban J connectivity index is 1.77. The molecular weight excluding hydrogens is 288 g/mol. The van der Waals surface area contributed by atoms with Crippen molar-refractivity contribution in [1.82, 2.24) is 10.6 Å². The van der Waals surface area contributed by atoms with E-state index in [-0.39, 0.29) is 31.4 Å². The van der Waals surface area contributed by atoms with Crippen LogP contribution >= 0.6 is 0 Å². The maximum atomic E-state index is 11.6. The number of esters is 1. The average Bonchev–Trinajstić information content (AvgIpc) is 2.92. The highest BCUT2D eigenvalue weighted by atomic mass is 16.5. The lowest BCUT2D eigenvalue weighted by atomic mass is 10.0. The molecule has 7 nitrogen and oxygen atoms in total. The number of benzene rings is 1. The zero-order valence-corrected chi connectivity index (χ0v) is 12.2. The lowest BCUT2D eigenvalue weighted by Crippen LogP contribution is -2.42. The van der Waals surface area contributed by atoms with Gasteiger partial charge < -0.3 is 20.1 Å². The Bertz CT molecular complexity index is 546. The zero-order chi connectivity index (χ0) is 15.9. The third-order valence-electron chi connectivity index (χ3n) is 3.41. The molecule has 1 aliphatic heterocycles. The van der Waals surface area contributed by atoms with Gasteiger partial charge in [0.25, 0.3) is 0 Å². The van der Waals surface area contributed by atoms with Gasteiger partial charge in [-0.3, -0.25) is 4.79 Å². The van der Waals surface area contributed by atoms with Gasteiger partial charge in [-0.1, -0.05) is 30.3 Å². The van der Waals surface area contributed by atoms with E-state index in [1.54, 1.807) is 0 Å². The van der Waals surface area contributed by atoms with Crippen molar-refractivity contribution in [2.75, 3.05) is 13.7 Å². The highest BCUT2D eigenvalue weighted by Gasteiger charge is 2.38. The number of ether oxygens (including phenoxy) is 2. The van der Waals surface area contributed by atoms with Crippen LogP contribution in [-0.4, -0.2) is 37.7 Å². The molecule has 0 unspecified atom stereocenters. The first-order valence-electron chi connectivity index (χ1n) is 6.92. The van der Waals surface area contributed by atoms with Crippen molar-refractivity contribution in [3.63, 3.8) is 0 Å². The molecule has 0 spiro atoms. The normalized spacial score (nSPS) is 20.1. The van der Waals surface area contributed by atoms with Crippen molar-refractivity contribution < 1.29 is 23.9 Å². The van der Waals surface area contributed by atoms with Crippen molar-refractivity contribution in [1.29, 1.82) is 0 Å². The van der Waals surface area contributed by atoms with Gasteiger partial charge in [-0.25, -0.2) is 9.59 Å². The topological polar surface area (TPSA) is 93.7 Å². The van der Waals surface area contributed by atoms with E-state index in [4.69, 9.17) is 4.74 Å². The minimum absolute atomic E-state index is 0.159. The monoisotopic (exact) mass is 306 g/mol. The van der Waals surface area contributed by atoms with Crippen LogP contribution in [-0.2, 0) is 25.7 Å². The number of carbonyl (C=O) groups is 3. The SMILES string of the molecule is COC(=O)[C@H]1NC(=O)C[C@@H]1CNC(=O)OCc1ccccc1. The van der Waals surface area contributed by atoms with Crippen LogP contribution in [0.3, 0.4) is 0 Å². The fourth-order valence-corrected chi connectivity index (χ4v) is 2.26. The van der Waals surface area contributed by atoms with Crippen LogP contribution in [0.4, 0.5) is 4.79 Å². The maximum Gasteiger partial charge on any atom is 0.407 e. The molecule has 0 aliphatic carbocycles. The second kappa shape index (κ2) is 7.44. The first kappa shape index (κ1) is 15.8. The number of hydrogen-bond donors (Lipinski definition) is 2. The fraction of sp³-hybridized carbons (Fsp3) is 0.400. The number of hydrogen-bond acceptors (Lipinski definition) is 5. The molecule has 118 valence electrons. The zero-order valence-electron chi connectivity index (χ0n) is 12.2. The Morgan fingerprint density at radius 2 is 2.05 bits per heavy atom. The summed E-state index contributed by atoms with van der Waals surface area (Å²) >= 11 is 0. The lowest BCUT2D eigenvalue weighted by Gasteiger charge is -2.16. The van der Waals surface area contributed by atoms with Crippen molar-refractivity contribution in [2.45, 2.75) is 19.1 Å². The molecule has 1 aromatic carbocycles. The number of amides is 2. The molecule has 0 radical (unpaired) electrons. The highest BCUT2D eigenvalue weighted by Crippen LogP contribution is 2.17. The first-order chi connectivity index (χ1) is 10.6. The fourth-order valence-electron chi connectivity index (χ4n) is 2.26. The van der Waals surface area contributed by atoms with Gasteiger partial charge in [0.05, 0.1) is 7.11 Å². The van der Waals surface area contributed by atoms with Gasteiger partial charge in [0.1, 0.15) is 12.6 Å². The van der Waals surface area contributed by atoms with Gasteiger partial charge in [0, 0.05) is 18.9 Å². The predicted octanol–water partition coefficient (Wildman–Crippen LogP) is 0.591. The summed E-state index contributed by atoms with van der Waals surface area (Å²) in [5.41, 5.74) is 0.878. The summed E-state index contributed by atoms with van der Waals surface area (Å²) in [6, 6.07) is 8.55. The van der Waals surface area contributed by atoms with Crippen LogP contribution in [0.2, 0.25) is 0 Å². The number of carbonyl (C=O) groups excluding carboxylic acids is 3. The standard InChI is InChI=1S/C15H18N2O5/c1-21-14(19)13-11(7-12(18)17-13)8-16-15(20)22-9-10-5-3-2-4-6-10/h2-6,11,13H,7-9H2,1H3,(H,16,20)(H,17,18)/t11-,13+/m1/s1. The van der Waals surface area contributed by atoms with E-state index in [1.165, 1.54) is 7.11 Å². The summed E-state index contributed by atoms with van der Waals surface area (Å²) in [6.45, 7) is 0.321. The largest absolute Gasteiger partial charge is 0.467 e. The molecule has 1 aliphatic rings. The second-order valence-corrected chi connectivity index (χ2v) is 4.98. The van der Waals surface area contributed by atoms with Crippen molar-refractivity contribution in [2.24, 2.45) is 5.92 Å². The van der Waals surface area contributed by atoms with Crippen LogP contribution < -0.4 is 10.6 Å². The minimum atomic E-state index is -0.730. The molecule has 1 heterocycles. The molecule has 0 bridgehead atoms. The van der Waals surface area contributed by atoms with Crippen molar-refractivity contribution in [3.8, 4) is 0 Å². The van der Waals surface area contributed by atoms with Gasteiger partial charge in [-0.15, -0.1) is 0 Å². The number of rotatable bonds is 5. The average molecular weight is 306 g/mol. The van der Waals surface area contributed by atoms with E-state index in [1.807, 2.05) is 30.3 Å². The van der Waals surface area contributed by atoms with E-state index >= 15 is 0 Å². The van der Waals surface area contributed by atoms with E-state index in [0.717, 1.165) is 5.56 Å². The molecule has 7 heteroatoms. The molecule has 22 heavy (non-hydrogen) atoms. The summed E-state index contributed by atoms with van der Waals surface area (Å²) in [5.74, 6) is -1.10. The molecule has 2 N–H and O–H groups in total. The Morgan fingerprint density at radius 1 is 1.32 bits per heavy atom. The second-order valence-electron chi connectivity index (χ2n) is 4.98. The first-order valence-corrected chi connectivity index (χ1v) is 6.92. The van der Waals surface area contributed by atoms with Gasteiger partial charge in [0.2, 0.25) is 5.91 Å². The van der Waals surface area contributed by atoms with Gasteiger partial charge in [-0.2, -0.15) is 0 Å². The predicted molar refractivity (Wildman–Crippen MR) is 76.7 cm³/mol. The van der Waals surface area contributed by atoms with Gasteiger partial charge in [-0.05, 0) is 5.56 Å².